The van der Waals surface area contributed by atoms with Gasteiger partial charge in [-0.05, 0) is 24.8 Å². The molecule has 1 saturated carbocycles. The normalized spacial score (nSPS) is 24.5. The fraction of sp³-hybridized carbons (Fsp3) is 0.500. The lowest BCUT2D eigenvalue weighted by Gasteiger charge is -2.38. The minimum atomic E-state index is -0.0496. The number of nitrogens with zero attached hydrogens (tertiary/aromatic N) is 2. The molecular weight excluding hydrogens is 252 g/mol. The maximum absolute atomic E-state index is 5.62. The first-order valence-corrected chi connectivity index (χ1v) is 7.36. The van der Waals surface area contributed by atoms with Gasteiger partial charge in [0.2, 0.25) is 5.89 Å². The van der Waals surface area contributed by atoms with E-state index in [-0.39, 0.29) is 5.41 Å². The standard InChI is InChI=1S/C16H18N2O2/c1-2-5-13(6-3-1)16(8-4-9-16)15-17-14(18-20-15)12-7-10-19-11-12/h1-3,5-6,12H,4,7-11H2. The van der Waals surface area contributed by atoms with Crippen LogP contribution in [0.2, 0.25) is 0 Å². The van der Waals surface area contributed by atoms with Gasteiger partial charge in [0.05, 0.1) is 12.0 Å². The summed E-state index contributed by atoms with van der Waals surface area (Å²) in [5, 5.41) is 4.21. The van der Waals surface area contributed by atoms with Crippen LogP contribution in [0, 0.1) is 0 Å². The van der Waals surface area contributed by atoms with Crippen molar-refractivity contribution in [2.45, 2.75) is 37.0 Å². The summed E-state index contributed by atoms with van der Waals surface area (Å²) in [7, 11) is 0. The van der Waals surface area contributed by atoms with Crippen LogP contribution in [0.1, 0.15) is 48.9 Å². The van der Waals surface area contributed by atoms with E-state index in [2.05, 4.69) is 29.4 Å². The Labute approximate surface area is 118 Å². The average Bonchev–Trinajstić information content (AvgIpc) is 3.09. The summed E-state index contributed by atoms with van der Waals surface area (Å²) in [6.45, 7) is 1.52. The largest absolute Gasteiger partial charge is 0.381 e. The zero-order valence-corrected chi connectivity index (χ0v) is 11.4. The van der Waals surface area contributed by atoms with Crippen molar-refractivity contribution in [3.8, 4) is 0 Å². The monoisotopic (exact) mass is 270 g/mol. The van der Waals surface area contributed by atoms with Gasteiger partial charge in [0.15, 0.2) is 5.82 Å². The Morgan fingerprint density at radius 3 is 2.65 bits per heavy atom. The van der Waals surface area contributed by atoms with Crippen LogP contribution in [0.15, 0.2) is 34.9 Å². The molecule has 1 saturated heterocycles. The fourth-order valence-corrected chi connectivity index (χ4v) is 3.25. The van der Waals surface area contributed by atoms with Crippen molar-refractivity contribution in [2.24, 2.45) is 0 Å². The molecule has 2 heterocycles. The van der Waals surface area contributed by atoms with E-state index in [9.17, 15) is 0 Å². The number of aromatic nitrogens is 2. The molecule has 0 spiro atoms. The molecule has 104 valence electrons. The van der Waals surface area contributed by atoms with E-state index >= 15 is 0 Å². The van der Waals surface area contributed by atoms with Crippen molar-refractivity contribution < 1.29 is 9.26 Å². The third kappa shape index (κ3) is 1.79. The van der Waals surface area contributed by atoms with Gasteiger partial charge < -0.3 is 9.26 Å². The minimum Gasteiger partial charge on any atom is -0.381 e. The molecule has 0 N–H and O–H groups in total. The van der Waals surface area contributed by atoms with Gasteiger partial charge in [0.1, 0.15) is 0 Å². The van der Waals surface area contributed by atoms with E-state index in [1.807, 2.05) is 6.07 Å². The lowest BCUT2D eigenvalue weighted by atomic mass is 9.64. The molecule has 1 aliphatic heterocycles. The number of benzene rings is 1. The quantitative estimate of drug-likeness (QED) is 0.860. The number of rotatable bonds is 3. The van der Waals surface area contributed by atoms with Crippen LogP contribution >= 0.6 is 0 Å². The lowest BCUT2D eigenvalue weighted by Crippen LogP contribution is -2.35. The van der Waals surface area contributed by atoms with Crippen LogP contribution in [0.4, 0.5) is 0 Å². The van der Waals surface area contributed by atoms with Crippen LogP contribution < -0.4 is 0 Å². The van der Waals surface area contributed by atoms with E-state index < -0.39 is 0 Å². The highest BCUT2D eigenvalue weighted by Gasteiger charge is 2.45. The molecule has 0 amide bonds. The lowest BCUT2D eigenvalue weighted by molar-refractivity contribution is 0.192. The van der Waals surface area contributed by atoms with Crippen molar-refractivity contribution >= 4 is 0 Å². The Bertz CT molecular complexity index is 584. The molecule has 4 heteroatoms. The van der Waals surface area contributed by atoms with E-state index in [4.69, 9.17) is 14.2 Å². The first-order chi connectivity index (χ1) is 9.88. The highest BCUT2D eigenvalue weighted by atomic mass is 16.5. The molecule has 0 bridgehead atoms. The highest BCUT2D eigenvalue weighted by molar-refractivity contribution is 5.34. The summed E-state index contributed by atoms with van der Waals surface area (Å²) in [6, 6.07) is 10.5. The van der Waals surface area contributed by atoms with Gasteiger partial charge in [-0.15, -0.1) is 0 Å². The third-order valence-corrected chi connectivity index (χ3v) is 4.68. The number of hydrogen-bond donors (Lipinski definition) is 0. The molecule has 1 atom stereocenters. The molecule has 1 aromatic heterocycles. The van der Waals surface area contributed by atoms with E-state index in [0.717, 1.165) is 44.2 Å². The summed E-state index contributed by atoms with van der Waals surface area (Å²) < 4.78 is 11.0. The molecule has 4 nitrogen and oxygen atoms in total. The van der Waals surface area contributed by atoms with Gasteiger partial charge in [0, 0.05) is 12.5 Å². The van der Waals surface area contributed by atoms with Gasteiger partial charge >= 0.3 is 0 Å². The Morgan fingerprint density at radius 2 is 2.00 bits per heavy atom. The summed E-state index contributed by atoms with van der Waals surface area (Å²) in [5.74, 6) is 1.91. The smallest absolute Gasteiger partial charge is 0.237 e. The van der Waals surface area contributed by atoms with Crippen LogP contribution in [0.25, 0.3) is 0 Å². The zero-order chi connectivity index (χ0) is 13.4. The van der Waals surface area contributed by atoms with Crippen LogP contribution in [0.5, 0.6) is 0 Å². The second-order valence-electron chi connectivity index (χ2n) is 5.82. The van der Waals surface area contributed by atoms with Crippen molar-refractivity contribution in [3.63, 3.8) is 0 Å². The summed E-state index contributed by atoms with van der Waals surface area (Å²) in [4.78, 5) is 4.71. The summed E-state index contributed by atoms with van der Waals surface area (Å²) >= 11 is 0. The van der Waals surface area contributed by atoms with Crippen molar-refractivity contribution in [3.05, 3.63) is 47.6 Å². The molecule has 1 unspecified atom stereocenters. The second kappa shape index (κ2) is 4.70. The molecule has 2 fully saturated rings. The van der Waals surface area contributed by atoms with Crippen LogP contribution in [-0.4, -0.2) is 23.4 Å². The Hall–Kier alpha value is -1.68. The van der Waals surface area contributed by atoms with E-state index in [0.29, 0.717) is 5.92 Å². The molecule has 1 aromatic carbocycles. The molecule has 1 aliphatic carbocycles. The maximum Gasteiger partial charge on any atom is 0.237 e. The second-order valence-corrected chi connectivity index (χ2v) is 5.82. The Kier molecular flexibility index (Phi) is 2.84. The number of hydrogen-bond acceptors (Lipinski definition) is 4. The minimum absolute atomic E-state index is 0.0496. The van der Waals surface area contributed by atoms with Gasteiger partial charge in [0.25, 0.3) is 0 Å². The predicted octanol–water partition coefficient (Wildman–Crippen LogP) is 3.04. The first-order valence-electron chi connectivity index (χ1n) is 7.36. The predicted molar refractivity (Wildman–Crippen MR) is 73.5 cm³/mol. The van der Waals surface area contributed by atoms with Crippen molar-refractivity contribution in [1.29, 1.82) is 0 Å². The fourth-order valence-electron chi connectivity index (χ4n) is 3.25. The van der Waals surface area contributed by atoms with Gasteiger partial charge in [-0.3, -0.25) is 0 Å². The molecular formula is C16H18N2O2. The molecule has 4 rings (SSSR count). The third-order valence-electron chi connectivity index (χ3n) is 4.68. The van der Waals surface area contributed by atoms with Crippen LogP contribution in [0.3, 0.4) is 0 Å². The molecule has 0 radical (unpaired) electrons. The summed E-state index contributed by atoms with van der Waals surface area (Å²) in [5.41, 5.74) is 1.25. The molecule has 2 aromatic rings. The SMILES string of the molecule is c1ccc(C2(c3nc(C4CCOC4)no3)CCC2)cc1. The topological polar surface area (TPSA) is 48.2 Å². The number of ether oxygens (including phenoxy) is 1. The Balaban J connectivity index is 1.68. The average molecular weight is 270 g/mol. The van der Waals surface area contributed by atoms with Gasteiger partial charge in [-0.25, -0.2) is 0 Å². The van der Waals surface area contributed by atoms with Crippen molar-refractivity contribution in [2.75, 3.05) is 13.2 Å². The first kappa shape index (κ1) is 12.1. The van der Waals surface area contributed by atoms with Crippen LogP contribution in [-0.2, 0) is 10.2 Å². The summed E-state index contributed by atoms with van der Waals surface area (Å²) in [6.07, 6.45) is 4.41. The highest BCUT2D eigenvalue weighted by Crippen LogP contribution is 2.48. The van der Waals surface area contributed by atoms with Crippen molar-refractivity contribution in [1.82, 2.24) is 10.1 Å². The van der Waals surface area contributed by atoms with Gasteiger partial charge in [-0.1, -0.05) is 41.9 Å². The van der Waals surface area contributed by atoms with E-state index in [1.54, 1.807) is 0 Å². The molecule has 2 aliphatic rings. The molecule has 20 heavy (non-hydrogen) atoms. The maximum atomic E-state index is 5.62. The van der Waals surface area contributed by atoms with E-state index in [1.165, 1.54) is 12.0 Å². The van der Waals surface area contributed by atoms with Gasteiger partial charge in [-0.2, -0.15) is 4.98 Å². The zero-order valence-electron chi connectivity index (χ0n) is 11.4. The Morgan fingerprint density at radius 1 is 1.15 bits per heavy atom.